The zero-order valence-corrected chi connectivity index (χ0v) is 15.2. The van der Waals surface area contributed by atoms with Crippen molar-refractivity contribution in [3.63, 3.8) is 0 Å². The zero-order valence-electron chi connectivity index (χ0n) is 15.2. The van der Waals surface area contributed by atoms with Gasteiger partial charge in [-0.3, -0.25) is 14.6 Å². The number of hydrogen-bond donors (Lipinski definition) is 3. The largest absolute Gasteiger partial charge is 0.504 e. The Kier molecular flexibility index (Phi) is 4.11. The highest BCUT2D eigenvalue weighted by Crippen LogP contribution is 2.30. The van der Waals surface area contributed by atoms with E-state index in [1.807, 2.05) is 6.92 Å². The van der Waals surface area contributed by atoms with Crippen LogP contribution < -0.4 is 5.73 Å². The van der Waals surface area contributed by atoms with Gasteiger partial charge in [0.05, 0.1) is 12.0 Å². The van der Waals surface area contributed by atoms with Crippen molar-refractivity contribution in [1.29, 1.82) is 0 Å². The Morgan fingerprint density at radius 3 is 2.82 bits per heavy atom. The Morgan fingerprint density at radius 2 is 2.14 bits per heavy atom. The second-order valence-electron chi connectivity index (χ2n) is 6.04. The molecule has 1 amide bonds. The molecular formula is C17H17N9O2. The molecule has 0 atom stereocenters. The van der Waals surface area contributed by atoms with Gasteiger partial charge >= 0.3 is 0 Å². The molecular weight excluding hydrogens is 362 g/mol. The highest BCUT2D eigenvalue weighted by molar-refractivity contribution is 5.92. The summed E-state index contributed by atoms with van der Waals surface area (Å²) >= 11 is 0. The fraction of sp³-hybridized carbons (Fsp3) is 0.176. The van der Waals surface area contributed by atoms with E-state index in [0.717, 1.165) is 0 Å². The molecule has 0 fully saturated rings. The third-order valence-electron chi connectivity index (χ3n) is 4.20. The molecule has 0 unspecified atom stereocenters. The highest BCUT2D eigenvalue weighted by atomic mass is 16.3. The third kappa shape index (κ3) is 2.88. The standard InChI is InChI=1S/C17H17N9O2/c1-3-26-13(14(27)9(2)24-26)17-21-16(22-23-17)12-7-10(25-5-4-19-8-25)6-11(20-12)15(18)28/h4-8,27H,3H2,1-2H3,(H2,18,28)(H,21,22,23). The van der Waals surface area contributed by atoms with Crippen LogP contribution in [0.25, 0.3) is 28.7 Å². The summed E-state index contributed by atoms with van der Waals surface area (Å²) in [6.45, 7) is 4.15. The zero-order chi connectivity index (χ0) is 19.8. The number of hydrogen-bond acceptors (Lipinski definition) is 7. The lowest BCUT2D eigenvalue weighted by atomic mass is 10.2. The number of aromatic nitrogens is 8. The summed E-state index contributed by atoms with van der Waals surface area (Å²) in [6, 6.07) is 3.28. The maximum Gasteiger partial charge on any atom is 0.267 e. The van der Waals surface area contributed by atoms with Crippen LogP contribution in [0.15, 0.2) is 30.9 Å². The fourth-order valence-electron chi connectivity index (χ4n) is 2.83. The van der Waals surface area contributed by atoms with Gasteiger partial charge in [-0.05, 0) is 26.0 Å². The maximum atomic E-state index is 11.7. The number of nitrogens with one attached hydrogen (secondary N) is 1. The number of carbonyl (C=O) groups is 1. The van der Waals surface area contributed by atoms with Crippen molar-refractivity contribution in [1.82, 2.24) is 39.5 Å². The van der Waals surface area contributed by atoms with E-state index in [2.05, 4.69) is 30.2 Å². The van der Waals surface area contributed by atoms with E-state index in [1.54, 1.807) is 47.0 Å². The number of nitrogens with two attached hydrogens (primary N) is 1. The van der Waals surface area contributed by atoms with Crippen LogP contribution in [0, 0.1) is 6.92 Å². The van der Waals surface area contributed by atoms with Gasteiger partial charge in [-0.2, -0.15) is 10.2 Å². The number of H-pyrrole nitrogens is 1. The van der Waals surface area contributed by atoms with Crippen LogP contribution >= 0.6 is 0 Å². The molecule has 0 aliphatic rings. The van der Waals surface area contributed by atoms with Gasteiger partial charge < -0.3 is 15.4 Å². The Morgan fingerprint density at radius 1 is 1.32 bits per heavy atom. The maximum absolute atomic E-state index is 11.7. The van der Waals surface area contributed by atoms with E-state index in [0.29, 0.717) is 35.1 Å². The molecule has 0 aliphatic heterocycles. The monoisotopic (exact) mass is 379 g/mol. The summed E-state index contributed by atoms with van der Waals surface area (Å²) in [4.78, 5) is 24.4. The first kappa shape index (κ1) is 17.4. The lowest BCUT2D eigenvalue weighted by Gasteiger charge is -2.06. The molecule has 4 rings (SSSR count). The summed E-state index contributed by atoms with van der Waals surface area (Å²) in [6.07, 6.45) is 4.94. The first-order valence-electron chi connectivity index (χ1n) is 8.47. The molecule has 0 aromatic carbocycles. The summed E-state index contributed by atoms with van der Waals surface area (Å²) in [5.41, 5.74) is 7.41. The predicted octanol–water partition coefficient (Wildman–Crippen LogP) is 1.05. The summed E-state index contributed by atoms with van der Waals surface area (Å²) < 4.78 is 3.33. The topological polar surface area (TPSA) is 153 Å². The molecule has 0 aliphatic carbocycles. The van der Waals surface area contributed by atoms with Crippen LogP contribution in [0.4, 0.5) is 0 Å². The number of aromatic amines is 1. The molecule has 0 radical (unpaired) electrons. The summed E-state index contributed by atoms with van der Waals surface area (Å²) in [5, 5.41) is 21.5. The molecule has 0 bridgehead atoms. The second kappa shape index (κ2) is 6.61. The number of aryl methyl sites for hydroxylation is 2. The predicted molar refractivity (Wildman–Crippen MR) is 98.6 cm³/mol. The van der Waals surface area contributed by atoms with Crippen LogP contribution in [0.2, 0.25) is 0 Å². The minimum Gasteiger partial charge on any atom is -0.504 e. The highest BCUT2D eigenvalue weighted by Gasteiger charge is 2.21. The number of nitrogens with zero attached hydrogens (tertiary/aromatic N) is 7. The number of amides is 1. The minimum absolute atomic E-state index is 0.0188. The van der Waals surface area contributed by atoms with Crippen molar-refractivity contribution in [3.8, 4) is 34.5 Å². The Hall–Kier alpha value is -4.02. The number of imidazole rings is 1. The molecule has 11 nitrogen and oxygen atoms in total. The Labute approximate surface area is 158 Å². The summed E-state index contributed by atoms with van der Waals surface area (Å²) in [5.74, 6) is -0.0589. The van der Waals surface area contributed by atoms with Crippen LogP contribution in [0.1, 0.15) is 23.1 Å². The van der Waals surface area contributed by atoms with Gasteiger partial charge in [0.2, 0.25) is 5.82 Å². The lowest BCUT2D eigenvalue weighted by Crippen LogP contribution is -2.14. The van der Waals surface area contributed by atoms with Gasteiger partial charge in [0.15, 0.2) is 11.6 Å². The second-order valence-corrected chi connectivity index (χ2v) is 6.04. The van der Waals surface area contributed by atoms with Crippen molar-refractivity contribution in [3.05, 3.63) is 42.2 Å². The SMILES string of the molecule is CCn1nc(C)c(O)c1-c1n[nH]c(-c2cc(-n3ccnc3)cc(C(N)=O)n2)n1. The average Bonchev–Trinajstić information content (AvgIpc) is 3.42. The molecule has 4 aromatic heterocycles. The van der Waals surface area contributed by atoms with E-state index >= 15 is 0 Å². The Balaban J connectivity index is 1.82. The molecule has 4 N–H and O–H groups in total. The van der Waals surface area contributed by atoms with E-state index in [1.165, 1.54) is 0 Å². The van der Waals surface area contributed by atoms with Gasteiger partial charge in [-0.1, -0.05) is 0 Å². The summed E-state index contributed by atoms with van der Waals surface area (Å²) in [7, 11) is 0. The normalized spacial score (nSPS) is 11.1. The van der Waals surface area contributed by atoms with Gasteiger partial charge in [-0.15, -0.1) is 0 Å². The van der Waals surface area contributed by atoms with E-state index in [-0.39, 0.29) is 17.3 Å². The molecule has 28 heavy (non-hydrogen) atoms. The smallest absolute Gasteiger partial charge is 0.267 e. The van der Waals surface area contributed by atoms with Gasteiger partial charge in [0, 0.05) is 18.9 Å². The van der Waals surface area contributed by atoms with Crippen LogP contribution in [-0.4, -0.2) is 50.5 Å². The number of aromatic hydroxyl groups is 1. The van der Waals surface area contributed by atoms with Gasteiger partial charge in [0.1, 0.15) is 22.8 Å². The Bertz CT molecular complexity index is 1160. The lowest BCUT2D eigenvalue weighted by molar-refractivity contribution is 0.0995. The van der Waals surface area contributed by atoms with Gasteiger partial charge in [-0.25, -0.2) is 15.0 Å². The number of primary amides is 1. The van der Waals surface area contributed by atoms with Crippen LogP contribution in [0.3, 0.4) is 0 Å². The van der Waals surface area contributed by atoms with Crippen molar-refractivity contribution < 1.29 is 9.90 Å². The molecule has 4 aromatic rings. The van der Waals surface area contributed by atoms with Crippen LogP contribution in [0.5, 0.6) is 5.75 Å². The van der Waals surface area contributed by atoms with E-state index in [4.69, 9.17) is 5.73 Å². The van der Waals surface area contributed by atoms with Crippen molar-refractivity contribution >= 4 is 5.91 Å². The van der Waals surface area contributed by atoms with Crippen molar-refractivity contribution in [2.75, 3.05) is 0 Å². The van der Waals surface area contributed by atoms with E-state index in [9.17, 15) is 9.90 Å². The minimum atomic E-state index is -0.666. The third-order valence-corrected chi connectivity index (χ3v) is 4.20. The quantitative estimate of drug-likeness (QED) is 0.468. The molecule has 11 heteroatoms. The fourth-order valence-corrected chi connectivity index (χ4v) is 2.83. The van der Waals surface area contributed by atoms with Crippen molar-refractivity contribution in [2.45, 2.75) is 20.4 Å². The molecule has 0 saturated carbocycles. The molecule has 0 spiro atoms. The molecule has 0 saturated heterocycles. The first-order valence-corrected chi connectivity index (χ1v) is 8.47. The number of rotatable bonds is 5. The number of pyridine rings is 1. The number of carbonyl (C=O) groups excluding carboxylic acids is 1. The van der Waals surface area contributed by atoms with Crippen molar-refractivity contribution in [2.24, 2.45) is 5.73 Å². The van der Waals surface area contributed by atoms with Gasteiger partial charge in [0.25, 0.3) is 5.91 Å². The average molecular weight is 379 g/mol. The molecule has 142 valence electrons. The first-order chi connectivity index (χ1) is 13.5. The van der Waals surface area contributed by atoms with E-state index < -0.39 is 5.91 Å². The van der Waals surface area contributed by atoms with Crippen LogP contribution in [-0.2, 0) is 6.54 Å². The molecule has 4 heterocycles.